The smallest absolute Gasteiger partial charge is 0.161 e. The molecule has 0 spiro atoms. The second-order valence-electron chi connectivity index (χ2n) is 8.67. The molecule has 33 heavy (non-hydrogen) atoms. The van der Waals surface area contributed by atoms with Gasteiger partial charge in [0.25, 0.3) is 0 Å². The van der Waals surface area contributed by atoms with Gasteiger partial charge in [0, 0.05) is 35.6 Å². The van der Waals surface area contributed by atoms with Crippen LogP contribution >= 0.6 is 0 Å². The molecule has 3 aromatic rings. The summed E-state index contributed by atoms with van der Waals surface area (Å²) < 4.78 is 12.0. The number of ether oxygens (including phenoxy) is 2. The number of nitrogens with zero attached hydrogens (tertiary/aromatic N) is 2. The van der Waals surface area contributed by atoms with Crippen molar-refractivity contribution in [3.05, 3.63) is 113 Å². The number of allylic oxidation sites excluding steroid dienone is 4. The largest absolute Gasteiger partial charge is 0.473 e. The van der Waals surface area contributed by atoms with Crippen molar-refractivity contribution >= 4 is 5.69 Å². The monoisotopic (exact) mass is 438 g/mol. The Hall–Kier alpha value is -3.66. The Morgan fingerprint density at radius 1 is 0.848 bits per heavy atom. The summed E-state index contributed by atoms with van der Waals surface area (Å²) in [6.45, 7) is 7.07. The molecule has 5 rings (SSSR count). The fourth-order valence-electron chi connectivity index (χ4n) is 4.42. The average Bonchev–Trinajstić information content (AvgIpc) is 2.87. The highest BCUT2D eigenvalue weighted by Gasteiger charge is 2.20. The van der Waals surface area contributed by atoms with Crippen molar-refractivity contribution in [2.24, 2.45) is 0 Å². The summed E-state index contributed by atoms with van der Waals surface area (Å²) in [5.74, 6) is 1.98. The molecule has 168 valence electrons. The summed E-state index contributed by atoms with van der Waals surface area (Å²) in [4.78, 5) is 4.53. The lowest BCUT2D eigenvalue weighted by Crippen LogP contribution is -2.31. The topological polar surface area (TPSA) is 24.9 Å². The van der Waals surface area contributed by atoms with Crippen LogP contribution in [-0.4, -0.2) is 18.4 Å². The van der Waals surface area contributed by atoms with Gasteiger partial charge in [-0.2, -0.15) is 0 Å². The van der Waals surface area contributed by atoms with Crippen molar-refractivity contribution < 1.29 is 9.47 Å². The van der Waals surface area contributed by atoms with Gasteiger partial charge in [0.05, 0.1) is 0 Å². The SMILES string of the molecule is C/C=C\C=C(/C)N1COc2ccc(Cc3ccc4c(c3)CN(c3ccccc3)CO4)cc2C1. The van der Waals surface area contributed by atoms with Gasteiger partial charge in [-0.05, 0) is 73.9 Å². The number of benzene rings is 3. The minimum Gasteiger partial charge on any atom is -0.473 e. The molecule has 4 heteroatoms. The van der Waals surface area contributed by atoms with E-state index in [9.17, 15) is 0 Å². The van der Waals surface area contributed by atoms with Crippen LogP contribution in [0.25, 0.3) is 0 Å². The third-order valence-electron chi connectivity index (χ3n) is 6.28. The first-order valence-electron chi connectivity index (χ1n) is 11.5. The molecule has 0 aliphatic carbocycles. The van der Waals surface area contributed by atoms with E-state index in [0.29, 0.717) is 13.5 Å². The fourth-order valence-corrected chi connectivity index (χ4v) is 4.42. The Bertz CT molecular complexity index is 1180. The second kappa shape index (κ2) is 9.45. The molecule has 0 aromatic heterocycles. The van der Waals surface area contributed by atoms with Crippen LogP contribution in [-0.2, 0) is 19.5 Å². The normalized spacial score (nSPS) is 15.6. The predicted molar refractivity (Wildman–Crippen MR) is 133 cm³/mol. The van der Waals surface area contributed by atoms with Crippen molar-refractivity contribution in [2.75, 3.05) is 18.4 Å². The Balaban J connectivity index is 1.32. The van der Waals surface area contributed by atoms with Gasteiger partial charge in [0.15, 0.2) is 13.5 Å². The standard InChI is InChI=1S/C29H30N2O2/c1-3-4-8-22(2)30-18-25-16-23(11-13-28(25)32-20-30)15-24-12-14-29-26(17-24)19-31(21-33-29)27-9-6-5-7-10-27/h3-14,16-17H,15,18-21H2,1-2H3/b4-3-,22-8+. The maximum atomic E-state index is 6.03. The highest BCUT2D eigenvalue weighted by molar-refractivity contribution is 5.51. The summed E-state index contributed by atoms with van der Waals surface area (Å²) in [7, 11) is 0. The number of anilines is 1. The molecule has 0 radical (unpaired) electrons. The van der Waals surface area contributed by atoms with Crippen LogP contribution in [0, 0.1) is 0 Å². The van der Waals surface area contributed by atoms with E-state index in [0.717, 1.165) is 31.0 Å². The van der Waals surface area contributed by atoms with Crippen molar-refractivity contribution in [1.29, 1.82) is 0 Å². The lowest BCUT2D eigenvalue weighted by atomic mass is 9.99. The summed E-state index contributed by atoms with van der Waals surface area (Å²) in [5.41, 5.74) is 7.47. The van der Waals surface area contributed by atoms with Crippen LogP contribution in [0.1, 0.15) is 36.1 Å². The zero-order chi connectivity index (χ0) is 22.6. The Morgan fingerprint density at radius 2 is 1.52 bits per heavy atom. The molecule has 2 aliphatic heterocycles. The minimum absolute atomic E-state index is 0.583. The minimum atomic E-state index is 0.583. The molecule has 2 heterocycles. The number of hydrogen-bond acceptors (Lipinski definition) is 4. The molecular weight excluding hydrogens is 408 g/mol. The van der Waals surface area contributed by atoms with Gasteiger partial charge < -0.3 is 19.3 Å². The van der Waals surface area contributed by atoms with E-state index in [-0.39, 0.29) is 0 Å². The first kappa shape index (κ1) is 21.2. The predicted octanol–water partition coefficient (Wildman–Crippen LogP) is 6.27. The molecule has 0 N–H and O–H groups in total. The third-order valence-corrected chi connectivity index (χ3v) is 6.28. The first-order valence-corrected chi connectivity index (χ1v) is 11.5. The molecule has 0 atom stereocenters. The number of fused-ring (bicyclic) bond motifs is 2. The van der Waals surface area contributed by atoms with E-state index >= 15 is 0 Å². The lowest BCUT2D eigenvalue weighted by Gasteiger charge is -2.31. The molecule has 4 nitrogen and oxygen atoms in total. The second-order valence-corrected chi connectivity index (χ2v) is 8.67. The molecule has 2 aliphatic rings. The molecule has 0 saturated heterocycles. The zero-order valence-electron chi connectivity index (χ0n) is 19.3. The van der Waals surface area contributed by atoms with Gasteiger partial charge in [-0.25, -0.2) is 0 Å². The fraction of sp³-hybridized carbons (Fsp3) is 0.241. The maximum absolute atomic E-state index is 6.03. The van der Waals surface area contributed by atoms with E-state index in [1.807, 2.05) is 19.1 Å². The van der Waals surface area contributed by atoms with Crippen molar-refractivity contribution in [2.45, 2.75) is 33.4 Å². The maximum Gasteiger partial charge on any atom is 0.161 e. The highest BCUT2D eigenvalue weighted by atomic mass is 16.5. The summed E-state index contributed by atoms with van der Waals surface area (Å²) in [5, 5.41) is 0. The Labute approximate surface area is 196 Å². The quantitative estimate of drug-likeness (QED) is 0.439. The third kappa shape index (κ3) is 4.75. The zero-order valence-corrected chi connectivity index (χ0v) is 19.3. The highest BCUT2D eigenvalue weighted by Crippen LogP contribution is 2.31. The van der Waals surface area contributed by atoms with Gasteiger partial charge in [0.2, 0.25) is 0 Å². The molecule has 0 unspecified atom stereocenters. The number of hydrogen-bond donors (Lipinski definition) is 0. The number of para-hydroxylation sites is 1. The van der Waals surface area contributed by atoms with Crippen LogP contribution in [0.5, 0.6) is 11.5 Å². The van der Waals surface area contributed by atoms with Gasteiger partial charge in [0.1, 0.15) is 11.5 Å². The molecule has 0 bridgehead atoms. The average molecular weight is 439 g/mol. The summed E-state index contributed by atoms with van der Waals surface area (Å²) in [6.07, 6.45) is 7.13. The van der Waals surface area contributed by atoms with Crippen LogP contribution in [0.4, 0.5) is 5.69 Å². The van der Waals surface area contributed by atoms with Crippen LogP contribution in [0.2, 0.25) is 0 Å². The number of rotatable bonds is 5. The summed E-state index contributed by atoms with van der Waals surface area (Å²) >= 11 is 0. The van der Waals surface area contributed by atoms with E-state index in [2.05, 4.69) is 89.5 Å². The Morgan fingerprint density at radius 3 is 2.21 bits per heavy atom. The van der Waals surface area contributed by atoms with Gasteiger partial charge in [-0.3, -0.25) is 0 Å². The van der Waals surface area contributed by atoms with E-state index in [1.165, 1.54) is 33.6 Å². The van der Waals surface area contributed by atoms with Gasteiger partial charge in [-0.15, -0.1) is 0 Å². The summed E-state index contributed by atoms with van der Waals surface area (Å²) in [6, 6.07) is 23.6. The molecule has 0 fully saturated rings. The molecular formula is C29H30N2O2. The Kier molecular flexibility index (Phi) is 6.07. The lowest BCUT2D eigenvalue weighted by molar-refractivity contribution is 0.128. The van der Waals surface area contributed by atoms with Crippen LogP contribution in [0.3, 0.4) is 0 Å². The molecule has 3 aromatic carbocycles. The van der Waals surface area contributed by atoms with E-state index in [1.54, 1.807) is 0 Å². The van der Waals surface area contributed by atoms with Crippen molar-refractivity contribution in [3.8, 4) is 11.5 Å². The van der Waals surface area contributed by atoms with Crippen LogP contribution in [0.15, 0.2) is 90.7 Å². The van der Waals surface area contributed by atoms with Gasteiger partial charge >= 0.3 is 0 Å². The van der Waals surface area contributed by atoms with Crippen molar-refractivity contribution in [3.63, 3.8) is 0 Å². The van der Waals surface area contributed by atoms with Crippen LogP contribution < -0.4 is 14.4 Å². The van der Waals surface area contributed by atoms with Gasteiger partial charge in [-0.1, -0.05) is 42.5 Å². The van der Waals surface area contributed by atoms with E-state index < -0.39 is 0 Å². The molecule has 0 saturated carbocycles. The first-order chi connectivity index (χ1) is 16.2. The van der Waals surface area contributed by atoms with Crippen molar-refractivity contribution in [1.82, 2.24) is 4.90 Å². The molecule has 0 amide bonds. The van der Waals surface area contributed by atoms with E-state index in [4.69, 9.17) is 9.47 Å².